The quantitative estimate of drug-likeness (QED) is 0.264. The van der Waals surface area contributed by atoms with Crippen molar-refractivity contribution in [1.29, 1.82) is 0 Å². The number of hydrogen-bond acceptors (Lipinski definition) is 6. The highest BCUT2D eigenvalue weighted by atomic mass is 35.5. The molecule has 2 aromatic carbocycles. The molecule has 2 N–H and O–H groups in total. The van der Waals surface area contributed by atoms with Gasteiger partial charge in [0, 0.05) is 34.9 Å². The lowest BCUT2D eigenvalue weighted by Crippen LogP contribution is -2.21. The van der Waals surface area contributed by atoms with Gasteiger partial charge in [-0.3, -0.25) is 10.1 Å². The van der Waals surface area contributed by atoms with Crippen molar-refractivity contribution in [3.05, 3.63) is 68.5 Å². The number of rotatable bonds is 8. The number of carbonyl (C=O) groups excluding carboxylic acids is 1. The number of anilines is 1. The summed E-state index contributed by atoms with van der Waals surface area (Å²) in [5, 5.41) is 12.4. The second kappa shape index (κ2) is 11.8. The molecule has 38 heavy (non-hydrogen) atoms. The maximum absolute atomic E-state index is 15.7. The van der Waals surface area contributed by atoms with Gasteiger partial charge < -0.3 is 14.6 Å². The van der Waals surface area contributed by atoms with E-state index in [-0.39, 0.29) is 48.5 Å². The number of nitrogens with zero attached hydrogens (tertiary/aromatic N) is 1. The molecule has 0 aliphatic heterocycles. The van der Waals surface area contributed by atoms with Gasteiger partial charge in [0.1, 0.15) is 11.5 Å². The Morgan fingerprint density at radius 3 is 2.34 bits per heavy atom. The summed E-state index contributed by atoms with van der Waals surface area (Å²) in [5.41, 5.74) is 0.901. The van der Waals surface area contributed by atoms with Crippen LogP contribution in [-0.4, -0.2) is 36.2 Å². The first-order valence-electron chi connectivity index (χ1n) is 11.4. The lowest BCUT2D eigenvalue weighted by molar-refractivity contribution is -0.132. The van der Waals surface area contributed by atoms with Crippen LogP contribution in [0.15, 0.2) is 35.9 Å². The Hall–Kier alpha value is -2.98. The average molecular weight is 581 g/mol. The van der Waals surface area contributed by atoms with Crippen LogP contribution in [0.3, 0.4) is 0 Å². The van der Waals surface area contributed by atoms with E-state index < -0.39 is 23.8 Å². The van der Waals surface area contributed by atoms with E-state index in [9.17, 15) is 9.59 Å². The molecule has 0 aliphatic rings. The minimum absolute atomic E-state index is 0.0315. The highest BCUT2D eigenvalue weighted by Gasteiger charge is 2.30. The molecule has 0 bridgehead atoms. The molecule has 1 aromatic heterocycles. The number of nitrogens with one attached hydrogen (secondary N) is 1. The molecule has 3 aromatic rings. The smallest absolute Gasteiger partial charge is 0.331 e. The molecule has 0 radical (unpaired) electrons. The number of aliphatic carboxylic acids is 1. The van der Waals surface area contributed by atoms with Crippen LogP contribution in [0.5, 0.6) is 5.06 Å². The molecular formula is C27H27Cl2FN2O5S. The van der Waals surface area contributed by atoms with Gasteiger partial charge in [-0.2, -0.15) is 0 Å². The van der Waals surface area contributed by atoms with Crippen molar-refractivity contribution in [2.24, 2.45) is 5.41 Å². The molecule has 0 aliphatic carbocycles. The summed E-state index contributed by atoms with van der Waals surface area (Å²) >= 11 is 13.6. The fourth-order valence-electron chi connectivity index (χ4n) is 3.85. The van der Waals surface area contributed by atoms with Gasteiger partial charge in [-0.15, -0.1) is 0 Å². The summed E-state index contributed by atoms with van der Waals surface area (Å²) in [6.07, 6.45) is 0.821. The predicted molar refractivity (Wildman–Crippen MR) is 149 cm³/mol. The maximum atomic E-state index is 15.7. The Kier molecular flexibility index (Phi) is 9.20. The third-order valence-corrected chi connectivity index (χ3v) is 7.19. The fraction of sp³-hybridized carbons (Fsp3) is 0.296. The average Bonchev–Trinajstić information content (AvgIpc) is 3.24. The van der Waals surface area contributed by atoms with Crippen molar-refractivity contribution in [2.75, 3.05) is 19.5 Å². The third-order valence-electron chi connectivity index (χ3n) is 5.63. The number of halogens is 3. The molecule has 11 heteroatoms. The Balaban J connectivity index is 1.95. The largest absolute Gasteiger partial charge is 0.486 e. The Morgan fingerprint density at radius 1 is 1.18 bits per heavy atom. The lowest BCUT2D eigenvalue weighted by atomic mass is 9.83. The van der Waals surface area contributed by atoms with Gasteiger partial charge in [0.15, 0.2) is 5.13 Å². The van der Waals surface area contributed by atoms with Crippen LogP contribution in [0.1, 0.15) is 55.3 Å². The number of benzene rings is 2. The molecule has 1 atom stereocenters. The van der Waals surface area contributed by atoms with E-state index in [4.69, 9.17) is 37.8 Å². The topological polar surface area (TPSA) is 97.8 Å². The molecular weight excluding hydrogens is 554 g/mol. The number of amides is 1. The number of thiazole rings is 1. The first-order chi connectivity index (χ1) is 17.8. The van der Waals surface area contributed by atoms with Crippen LogP contribution in [0, 0.1) is 11.2 Å². The normalized spacial score (nSPS) is 12.8. The van der Waals surface area contributed by atoms with Crippen molar-refractivity contribution < 1.29 is 28.6 Å². The van der Waals surface area contributed by atoms with E-state index in [0.717, 1.165) is 11.3 Å². The van der Waals surface area contributed by atoms with E-state index in [1.54, 1.807) is 18.2 Å². The second-order valence-electron chi connectivity index (χ2n) is 9.49. The standard InChI is InChI=1S/C27H27Cl2FN2O5S/c1-13(24(34)35)10-17-18(28)11-14(12-19(17)29)23(33)32-26-31-21(25(37-6)38-26)15-8-7-9-16(20(15)30)22(36-5)27(2,3)4/h7-12,22H,1-6H3,(H,34,35)(H,31,32,33). The highest BCUT2D eigenvalue weighted by Crippen LogP contribution is 2.43. The van der Waals surface area contributed by atoms with E-state index in [1.165, 1.54) is 39.4 Å². The number of ether oxygens (including phenoxy) is 2. The molecule has 3 rings (SSSR count). The zero-order valence-corrected chi connectivity index (χ0v) is 23.9. The van der Waals surface area contributed by atoms with Gasteiger partial charge in [0.05, 0.1) is 23.3 Å². The van der Waals surface area contributed by atoms with Gasteiger partial charge >= 0.3 is 5.97 Å². The predicted octanol–water partition coefficient (Wildman–Crippen LogP) is 7.74. The maximum Gasteiger partial charge on any atom is 0.331 e. The van der Waals surface area contributed by atoms with Crippen LogP contribution < -0.4 is 10.1 Å². The monoisotopic (exact) mass is 580 g/mol. The van der Waals surface area contributed by atoms with Crippen molar-refractivity contribution in [2.45, 2.75) is 33.8 Å². The summed E-state index contributed by atoms with van der Waals surface area (Å²) < 4.78 is 26.7. The molecule has 0 spiro atoms. The Labute approximate surface area is 234 Å². The lowest BCUT2D eigenvalue weighted by Gasteiger charge is -2.30. The number of carboxylic acid groups (broad SMARTS) is 1. The van der Waals surface area contributed by atoms with Crippen molar-refractivity contribution in [1.82, 2.24) is 4.98 Å². The molecule has 0 saturated carbocycles. The van der Waals surface area contributed by atoms with Crippen molar-refractivity contribution in [3.8, 4) is 16.3 Å². The fourth-order valence-corrected chi connectivity index (χ4v) is 5.24. The zero-order valence-electron chi connectivity index (χ0n) is 21.6. The summed E-state index contributed by atoms with van der Waals surface area (Å²) in [7, 11) is 2.97. The van der Waals surface area contributed by atoms with Crippen molar-refractivity contribution >= 4 is 57.6 Å². The summed E-state index contributed by atoms with van der Waals surface area (Å²) in [6, 6.07) is 7.72. The third kappa shape index (κ3) is 6.35. The van der Waals surface area contributed by atoms with Gasteiger partial charge in [0.2, 0.25) is 5.06 Å². The number of carbonyl (C=O) groups is 2. The summed E-state index contributed by atoms with van der Waals surface area (Å²) in [6.45, 7) is 7.27. The molecule has 1 unspecified atom stereocenters. The SMILES string of the molecule is COc1sc(NC(=O)c2cc(Cl)c(C=C(C)C(=O)O)c(Cl)c2)nc1-c1cccc(C(OC)C(C)(C)C)c1F. The van der Waals surface area contributed by atoms with E-state index in [2.05, 4.69) is 10.3 Å². The Bertz CT molecular complexity index is 1390. The molecule has 1 heterocycles. The van der Waals surface area contributed by atoms with Crippen LogP contribution in [0.4, 0.5) is 9.52 Å². The Morgan fingerprint density at radius 2 is 1.82 bits per heavy atom. The van der Waals surface area contributed by atoms with Crippen LogP contribution >= 0.6 is 34.5 Å². The first-order valence-corrected chi connectivity index (χ1v) is 12.9. The minimum Gasteiger partial charge on any atom is -0.486 e. The molecule has 7 nitrogen and oxygen atoms in total. The highest BCUT2D eigenvalue weighted by molar-refractivity contribution is 7.18. The van der Waals surface area contributed by atoms with E-state index >= 15 is 4.39 Å². The van der Waals surface area contributed by atoms with Gasteiger partial charge in [-0.05, 0) is 36.6 Å². The molecule has 202 valence electrons. The van der Waals surface area contributed by atoms with Gasteiger partial charge in [-0.1, -0.05) is 67.4 Å². The van der Waals surface area contributed by atoms with Gasteiger partial charge in [0.25, 0.3) is 5.91 Å². The molecule has 1 amide bonds. The minimum atomic E-state index is -1.12. The van der Waals surface area contributed by atoms with Crippen LogP contribution in [-0.2, 0) is 9.53 Å². The van der Waals surface area contributed by atoms with E-state index in [0.29, 0.717) is 10.6 Å². The second-order valence-corrected chi connectivity index (χ2v) is 11.3. The molecule has 0 fully saturated rings. The van der Waals surface area contributed by atoms with Crippen molar-refractivity contribution in [3.63, 3.8) is 0 Å². The van der Waals surface area contributed by atoms with E-state index in [1.807, 2.05) is 20.8 Å². The summed E-state index contributed by atoms with van der Waals surface area (Å²) in [5.74, 6) is -2.18. The van der Waals surface area contributed by atoms with Crippen LogP contribution in [0.2, 0.25) is 10.0 Å². The number of aromatic nitrogens is 1. The number of carboxylic acids is 1. The molecule has 0 saturated heterocycles. The summed E-state index contributed by atoms with van der Waals surface area (Å²) in [4.78, 5) is 28.5. The first kappa shape index (κ1) is 29.6. The van der Waals surface area contributed by atoms with Gasteiger partial charge in [-0.25, -0.2) is 14.2 Å². The van der Waals surface area contributed by atoms with Crippen LogP contribution in [0.25, 0.3) is 17.3 Å². The number of hydrogen-bond donors (Lipinski definition) is 2. The number of methoxy groups -OCH3 is 2. The zero-order chi connectivity index (χ0) is 28.4.